The van der Waals surface area contributed by atoms with E-state index in [9.17, 15) is 20.0 Å². The van der Waals surface area contributed by atoms with Crippen LogP contribution in [0.25, 0.3) is 0 Å². The zero-order chi connectivity index (χ0) is 20.4. The van der Waals surface area contributed by atoms with Gasteiger partial charge >= 0.3 is 0 Å². The van der Waals surface area contributed by atoms with E-state index in [4.69, 9.17) is 16.3 Å². The number of non-ortho nitro benzene ring substituents is 1. The highest BCUT2D eigenvalue weighted by molar-refractivity contribution is 6.30. The molecule has 0 radical (unpaired) electrons. The summed E-state index contributed by atoms with van der Waals surface area (Å²) in [5, 5.41) is 21.6. The number of carbonyl (C=O) groups excluding carboxylic acids is 1. The number of hydrogen-bond acceptors (Lipinski definition) is 5. The van der Waals surface area contributed by atoms with Gasteiger partial charge in [-0.25, -0.2) is 0 Å². The van der Waals surface area contributed by atoms with E-state index in [1.165, 1.54) is 30.3 Å². The highest BCUT2D eigenvalue weighted by atomic mass is 35.5. The van der Waals surface area contributed by atoms with E-state index >= 15 is 0 Å². The molecule has 28 heavy (non-hydrogen) atoms. The molecule has 0 aliphatic carbocycles. The number of carbonyl (C=O) groups is 1. The van der Waals surface area contributed by atoms with Crippen LogP contribution in [-0.2, 0) is 0 Å². The summed E-state index contributed by atoms with van der Waals surface area (Å²) in [5.41, 5.74) is 1.61. The number of halogens is 1. The predicted molar refractivity (Wildman–Crippen MR) is 106 cm³/mol. The Labute approximate surface area is 166 Å². The first-order valence-corrected chi connectivity index (χ1v) is 8.71. The highest BCUT2D eigenvalue weighted by Gasteiger charge is 2.17. The van der Waals surface area contributed by atoms with Crippen molar-refractivity contribution in [2.75, 3.05) is 0 Å². The van der Waals surface area contributed by atoms with Gasteiger partial charge in [-0.2, -0.15) is 0 Å². The molecule has 0 unspecified atom stereocenters. The van der Waals surface area contributed by atoms with Crippen molar-refractivity contribution in [2.24, 2.45) is 0 Å². The number of ketones is 1. The second-order valence-electron chi connectivity index (χ2n) is 6.28. The summed E-state index contributed by atoms with van der Waals surface area (Å²) in [6.07, 6.45) is 0. The van der Waals surface area contributed by atoms with Gasteiger partial charge in [0, 0.05) is 22.7 Å². The zero-order valence-electron chi connectivity index (χ0n) is 15.1. The Hall–Kier alpha value is -3.38. The molecule has 3 rings (SSSR count). The summed E-state index contributed by atoms with van der Waals surface area (Å²) in [6.45, 7) is 3.41. The van der Waals surface area contributed by atoms with E-state index in [2.05, 4.69) is 0 Å². The Morgan fingerprint density at radius 2 is 1.64 bits per heavy atom. The number of aromatic hydroxyl groups is 1. The molecular weight excluding hydrogens is 382 g/mol. The number of rotatable bonds is 5. The maximum atomic E-state index is 12.7. The molecule has 0 heterocycles. The van der Waals surface area contributed by atoms with Gasteiger partial charge in [0.15, 0.2) is 5.78 Å². The van der Waals surface area contributed by atoms with E-state index in [-0.39, 0.29) is 22.8 Å². The van der Waals surface area contributed by atoms with Gasteiger partial charge in [-0.3, -0.25) is 14.9 Å². The average molecular weight is 398 g/mol. The summed E-state index contributed by atoms with van der Waals surface area (Å²) in [5.74, 6) is 0.234. The number of nitrogens with zero attached hydrogens (tertiary/aromatic N) is 1. The SMILES string of the molecule is Cc1cc([N+](=O)[O-])cc(C)c1Oc1ccc(O)c(C(=O)c2ccc(Cl)cc2)c1. The molecule has 0 saturated carbocycles. The van der Waals surface area contributed by atoms with Crippen molar-refractivity contribution in [1.29, 1.82) is 0 Å². The number of benzene rings is 3. The number of hydrogen-bond donors (Lipinski definition) is 1. The lowest BCUT2D eigenvalue weighted by molar-refractivity contribution is -0.385. The molecule has 3 aromatic carbocycles. The number of phenolic OH excluding ortho intramolecular Hbond substituents is 1. The first kappa shape index (κ1) is 19.4. The lowest BCUT2D eigenvalue weighted by Gasteiger charge is -2.13. The molecule has 0 aromatic heterocycles. The molecule has 3 aromatic rings. The number of aryl methyl sites for hydroxylation is 2. The lowest BCUT2D eigenvalue weighted by atomic mass is 10.0. The molecule has 0 aliphatic heterocycles. The Morgan fingerprint density at radius 3 is 2.21 bits per heavy atom. The van der Waals surface area contributed by atoms with Gasteiger partial charge in [-0.05, 0) is 67.4 Å². The first-order valence-electron chi connectivity index (χ1n) is 8.33. The van der Waals surface area contributed by atoms with Gasteiger partial charge in [0.05, 0.1) is 10.5 Å². The van der Waals surface area contributed by atoms with Crippen molar-refractivity contribution < 1.29 is 19.6 Å². The number of nitro groups is 1. The summed E-state index contributed by atoms with van der Waals surface area (Å²) in [4.78, 5) is 23.2. The van der Waals surface area contributed by atoms with Crippen molar-refractivity contribution in [3.8, 4) is 17.2 Å². The summed E-state index contributed by atoms with van der Waals surface area (Å²) in [7, 11) is 0. The molecule has 0 fully saturated rings. The second kappa shape index (κ2) is 7.70. The topological polar surface area (TPSA) is 89.7 Å². The standard InChI is InChI=1S/C21H16ClNO5/c1-12-9-16(23(26)27)10-13(2)21(12)28-17-7-8-19(24)18(11-17)20(25)14-3-5-15(22)6-4-14/h3-11,24H,1-2H3. The van der Waals surface area contributed by atoms with E-state index < -0.39 is 4.92 Å². The van der Waals surface area contributed by atoms with Gasteiger partial charge in [0.2, 0.25) is 0 Å². The fraction of sp³-hybridized carbons (Fsp3) is 0.0952. The van der Waals surface area contributed by atoms with Gasteiger partial charge in [-0.1, -0.05) is 11.6 Å². The minimum atomic E-state index is -0.465. The summed E-state index contributed by atoms with van der Waals surface area (Å²) < 4.78 is 5.87. The smallest absolute Gasteiger partial charge is 0.270 e. The molecule has 0 spiro atoms. The minimum absolute atomic E-state index is 0.0216. The third kappa shape index (κ3) is 3.97. The zero-order valence-corrected chi connectivity index (χ0v) is 15.9. The van der Waals surface area contributed by atoms with E-state index in [0.29, 0.717) is 33.2 Å². The Bertz CT molecular complexity index is 1050. The van der Waals surface area contributed by atoms with Gasteiger partial charge < -0.3 is 9.84 Å². The maximum absolute atomic E-state index is 12.7. The summed E-state index contributed by atoms with van der Waals surface area (Å²) in [6, 6.07) is 13.5. The molecule has 7 heteroatoms. The van der Waals surface area contributed by atoms with Crippen LogP contribution in [-0.4, -0.2) is 15.8 Å². The second-order valence-corrected chi connectivity index (χ2v) is 6.72. The van der Waals surface area contributed by atoms with Crippen LogP contribution in [0.4, 0.5) is 5.69 Å². The van der Waals surface area contributed by atoms with Crippen LogP contribution in [0.15, 0.2) is 54.6 Å². The molecule has 0 saturated heterocycles. The molecule has 0 bridgehead atoms. The third-order valence-corrected chi connectivity index (χ3v) is 4.45. The molecule has 1 N–H and O–H groups in total. The van der Waals surface area contributed by atoms with Crippen LogP contribution in [0, 0.1) is 24.0 Å². The van der Waals surface area contributed by atoms with Crippen molar-refractivity contribution >= 4 is 23.1 Å². The average Bonchev–Trinajstić information content (AvgIpc) is 2.65. The van der Waals surface area contributed by atoms with Crippen LogP contribution in [0.3, 0.4) is 0 Å². The highest BCUT2D eigenvalue weighted by Crippen LogP contribution is 2.34. The van der Waals surface area contributed by atoms with E-state index in [1.54, 1.807) is 38.1 Å². The molecule has 0 atom stereocenters. The quantitative estimate of drug-likeness (QED) is 0.344. The molecule has 0 aliphatic rings. The summed E-state index contributed by atoms with van der Waals surface area (Å²) >= 11 is 5.85. The van der Waals surface area contributed by atoms with Crippen LogP contribution in [0.2, 0.25) is 5.02 Å². The monoisotopic (exact) mass is 397 g/mol. The van der Waals surface area contributed by atoms with Crippen LogP contribution in [0.5, 0.6) is 17.2 Å². The van der Waals surface area contributed by atoms with Crippen molar-refractivity contribution in [2.45, 2.75) is 13.8 Å². The van der Waals surface area contributed by atoms with Gasteiger partial charge in [-0.15, -0.1) is 0 Å². The van der Waals surface area contributed by atoms with Crippen LogP contribution in [0.1, 0.15) is 27.0 Å². The van der Waals surface area contributed by atoms with E-state index in [0.717, 1.165) is 0 Å². The first-order chi connectivity index (χ1) is 13.3. The maximum Gasteiger partial charge on any atom is 0.270 e. The van der Waals surface area contributed by atoms with Gasteiger partial charge in [0.1, 0.15) is 17.2 Å². The lowest BCUT2D eigenvalue weighted by Crippen LogP contribution is -2.02. The molecule has 6 nitrogen and oxygen atoms in total. The van der Waals surface area contributed by atoms with Gasteiger partial charge in [0.25, 0.3) is 5.69 Å². The fourth-order valence-electron chi connectivity index (χ4n) is 2.83. The Morgan fingerprint density at radius 1 is 1.04 bits per heavy atom. The minimum Gasteiger partial charge on any atom is -0.507 e. The third-order valence-electron chi connectivity index (χ3n) is 4.19. The van der Waals surface area contributed by atoms with Crippen molar-refractivity contribution in [3.63, 3.8) is 0 Å². The molecule has 0 amide bonds. The number of ether oxygens (including phenoxy) is 1. The Balaban J connectivity index is 1.95. The van der Waals surface area contributed by atoms with Crippen LogP contribution >= 0.6 is 11.6 Å². The fourth-order valence-corrected chi connectivity index (χ4v) is 2.95. The van der Waals surface area contributed by atoms with Crippen molar-refractivity contribution in [1.82, 2.24) is 0 Å². The van der Waals surface area contributed by atoms with Crippen LogP contribution < -0.4 is 4.74 Å². The molecule has 142 valence electrons. The van der Waals surface area contributed by atoms with E-state index in [1.807, 2.05) is 0 Å². The predicted octanol–water partition coefficient (Wildman–Crippen LogP) is 5.59. The number of nitro benzene ring substituents is 1. The number of phenols is 1. The van der Waals surface area contributed by atoms with Crippen molar-refractivity contribution in [3.05, 3.63) is 92.0 Å². The molecular formula is C21H16ClNO5. The Kier molecular flexibility index (Phi) is 5.33. The largest absolute Gasteiger partial charge is 0.507 e. The normalized spacial score (nSPS) is 10.5.